The minimum atomic E-state index is -0.926. The predicted molar refractivity (Wildman–Crippen MR) is 133 cm³/mol. The van der Waals surface area contributed by atoms with Crippen LogP contribution in [0.5, 0.6) is 0 Å². The lowest BCUT2D eigenvalue weighted by atomic mass is 9.90. The van der Waals surface area contributed by atoms with Gasteiger partial charge in [-0.1, -0.05) is 35.7 Å². The third-order valence-corrected chi connectivity index (χ3v) is 6.86. The fourth-order valence-electron chi connectivity index (χ4n) is 3.76. The van der Waals surface area contributed by atoms with Crippen molar-refractivity contribution in [1.29, 1.82) is 0 Å². The summed E-state index contributed by atoms with van der Waals surface area (Å²) in [5.41, 5.74) is -0.256. The van der Waals surface area contributed by atoms with Gasteiger partial charge in [0, 0.05) is 21.6 Å². The molecule has 1 aromatic heterocycles. The summed E-state index contributed by atoms with van der Waals surface area (Å²) in [6.45, 7) is 1.47. The number of benzene rings is 1. The minimum absolute atomic E-state index is 0.0289. The van der Waals surface area contributed by atoms with Gasteiger partial charge in [0.1, 0.15) is 5.69 Å². The summed E-state index contributed by atoms with van der Waals surface area (Å²) in [7, 11) is 0. The van der Waals surface area contributed by atoms with E-state index in [1.807, 2.05) is 0 Å². The summed E-state index contributed by atoms with van der Waals surface area (Å²) < 4.78 is 25.2. The number of carbonyl (C=O) groups excluding carboxylic acids is 4. The van der Waals surface area contributed by atoms with Gasteiger partial charge in [0.05, 0.1) is 18.1 Å². The summed E-state index contributed by atoms with van der Waals surface area (Å²) in [5, 5.41) is -1.18. The highest BCUT2D eigenvalue weighted by molar-refractivity contribution is 7.11. The molecule has 0 atom stereocenters. The summed E-state index contributed by atoms with van der Waals surface area (Å²) >= 11 is 6.98. The molecule has 36 heavy (non-hydrogen) atoms. The Labute approximate surface area is 216 Å². The predicted octanol–water partition coefficient (Wildman–Crippen LogP) is 4.87. The van der Waals surface area contributed by atoms with E-state index in [2.05, 4.69) is 5.92 Å². The average molecular weight is 532 g/mol. The quantitative estimate of drug-likeness (QED) is 0.274. The first-order valence-corrected chi connectivity index (χ1v) is 12.4. The van der Waals surface area contributed by atoms with Gasteiger partial charge in [-0.2, -0.15) is 4.39 Å². The molecule has 1 aromatic carbocycles. The number of ether oxygens (including phenoxy) is 2. The van der Waals surface area contributed by atoms with Crippen molar-refractivity contribution in [3.05, 3.63) is 62.1 Å². The number of terminal acetylenes is 1. The second-order valence-electron chi connectivity index (χ2n) is 7.70. The monoisotopic (exact) mass is 531 g/mol. The van der Waals surface area contributed by atoms with E-state index < -0.39 is 34.6 Å². The van der Waals surface area contributed by atoms with Gasteiger partial charge in [-0.05, 0) is 44.7 Å². The van der Waals surface area contributed by atoms with E-state index in [-0.39, 0.29) is 59.1 Å². The van der Waals surface area contributed by atoms with Gasteiger partial charge in [-0.3, -0.25) is 14.4 Å². The van der Waals surface area contributed by atoms with Crippen LogP contribution in [-0.2, 0) is 30.3 Å². The zero-order valence-electron chi connectivity index (χ0n) is 19.5. The highest BCUT2D eigenvalue weighted by Gasteiger charge is 2.37. The maximum atomic E-state index is 15.3. The van der Waals surface area contributed by atoms with Crippen molar-refractivity contribution in [3.63, 3.8) is 0 Å². The van der Waals surface area contributed by atoms with E-state index in [0.717, 1.165) is 0 Å². The number of halogens is 2. The Morgan fingerprint density at radius 2 is 1.75 bits per heavy atom. The van der Waals surface area contributed by atoms with Crippen molar-refractivity contribution in [1.82, 2.24) is 0 Å². The van der Waals surface area contributed by atoms with Gasteiger partial charge in [0.15, 0.2) is 6.61 Å². The van der Waals surface area contributed by atoms with Crippen molar-refractivity contribution < 1.29 is 33.0 Å². The molecule has 0 bridgehead atoms. The number of esters is 2. The molecule has 1 heterocycles. The van der Waals surface area contributed by atoms with Gasteiger partial charge >= 0.3 is 11.9 Å². The number of rotatable bonds is 8. The Balaban J connectivity index is 2.13. The number of carbonyl (C=O) groups is 4. The zero-order chi connectivity index (χ0) is 26.2. The third kappa shape index (κ3) is 6.01. The van der Waals surface area contributed by atoms with Crippen LogP contribution in [0.3, 0.4) is 0 Å². The third-order valence-electron chi connectivity index (χ3n) is 5.37. The highest BCUT2D eigenvalue weighted by atomic mass is 35.5. The lowest BCUT2D eigenvalue weighted by Gasteiger charge is -2.25. The molecule has 0 aliphatic heterocycles. The van der Waals surface area contributed by atoms with Crippen LogP contribution in [0, 0.1) is 17.5 Å². The molecule has 0 saturated carbocycles. The summed E-state index contributed by atoms with van der Waals surface area (Å²) in [5.74, 6) is -0.927. The van der Waals surface area contributed by atoms with Gasteiger partial charge in [0.25, 0.3) is 11.8 Å². The van der Waals surface area contributed by atoms with Gasteiger partial charge in [-0.15, -0.1) is 17.8 Å². The summed E-state index contributed by atoms with van der Waals surface area (Å²) in [6.07, 6.45) is 6.46. The lowest BCUT2D eigenvalue weighted by Crippen LogP contribution is -2.40. The molecule has 0 spiro atoms. The van der Waals surface area contributed by atoms with Crippen LogP contribution in [0.4, 0.5) is 10.1 Å². The van der Waals surface area contributed by atoms with Crippen molar-refractivity contribution >= 4 is 52.4 Å². The fourth-order valence-corrected chi connectivity index (χ4v) is 5.05. The first-order valence-electron chi connectivity index (χ1n) is 11.2. The highest BCUT2D eigenvalue weighted by Crippen LogP contribution is 2.41. The van der Waals surface area contributed by atoms with E-state index >= 15 is 4.39 Å². The molecule has 0 N–H and O–H groups in total. The van der Waals surface area contributed by atoms with E-state index in [4.69, 9.17) is 27.5 Å². The molecule has 0 radical (unpaired) electrons. The maximum absolute atomic E-state index is 15.3. The van der Waals surface area contributed by atoms with Crippen molar-refractivity contribution in [2.45, 2.75) is 39.0 Å². The second-order valence-corrected chi connectivity index (χ2v) is 9.13. The van der Waals surface area contributed by atoms with Gasteiger partial charge in [0.2, 0.25) is 5.13 Å². The molecule has 10 heteroatoms. The van der Waals surface area contributed by atoms with Crippen LogP contribution in [-0.4, -0.2) is 37.0 Å². The zero-order valence-corrected chi connectivity index (χ0v) is 21.0. The van der Waals surface area contributed by atoms with E-state index in [9.17, 15) is 19.2 Å². The standard InChI is InChI=1S/C26H23ClFNO6S/c1-3-14-35-26(33)18-13-9-8-12-17(18)25(32)29(24(31)16-10-6-5-7-11-16)22-21(27)19(36-23(22)28)15-20(30)34-4-2/h1,5-7,10-11H,4,8-9,12-15H2,2H3. The van der Waals surface area contributed by atoms with Crippen molar-refractivity contribution in [2.24, 2.45) is 0 Å². The molecule has 0 unspecified atom stereocenters. The van der Waals surface area contributed by atoms with Crippen LogP contribution >= 0.6 is 22.9 Å². The Morgan fingerprint density at radius 1 is 1.08 bits per heavy atom. The molecule has 3 rings (SSSR count). The number of hydrogen-bond acceptors (Lipinski definition) is 7. The largest absolute Gasteiger partial charge is 0.466 e. The molecule has 188 valence electrons. The number of imide groups is 1. The van der Waals surface area contributed by atoms with E-state index in [1.54, 1.807) is 25.1 Å². The van der Waals surface area contributed by atoms with E-state index in [0.29, 0.717) is 29.1 Å². The smallest absolute Gasteiger partial charge is 0.335 e. The first-order chi connectivity index (χ1) is 17.3. The number of amides is 2. The van der Waals surface area contributed by atoms with Gasteiger partial charge in [-0.25, -0.2) is 9.69 Å². The van der Waals surface area contributed by atoms with Gasteiger partial charge < -0.3 is 9.47 Å². The Kier molecular flexibility index (Phi) is 9.39. The number of nitrogens with zero attached hydrogens (tertiary/aromatic N) is 1. The molecule has 1 aliphatic carbocycles. The molecule has 1 aliphatic rings. The van der Waals surface area contributed by atoms with E-state index in [1.165, 1.54) is 12.1 Å². The Bertz CT molecular complexity index is 1250. The van der Waals surface area contributed by atoms with Crippen LogP contribution in [0.15, 0.2) is 41.5 Å². The molecule has 0 fully saturated rings. The topological polar surface area (TPSA) is 90.0 Å². The summed E-state index contributed by atoms with van der Waals surface area (Å²) in [4.78, 5) is 52.7. The van der Waals surface area contributed by atoms with Crippen LogP contribution < -0.4 is 4.90 Å². The number of thiophene rings is 1. The average Bonchev–Trinajstić information content (AvgIpc) is 3.15. The maximum Gasteiger partial charge on any atom is 0.335 e. The SMILES string of the molecule is C#CCOC(=O)C1=C(C(=O)N(C(=O)c2ccccc2)c2c(F)sc(CC(=O)OCC)c2Cl)CCCC1. The Hall–Kier alpha value is -3.48. The molecule has 2 amide bonds. The Morgan fingerprint density at radius 3 is 2.39 bits per heavy atom. The normalized spacial score (nSPS) is 13.1. The lowest BCUT2D eigenvalue weighted by molar-refractivity contribution is -0.142. The number of hydrogen-bond donors (Lipinski definition) is 0. The van der Waals surface area contributed by atoms with Crippen LogP contribution in [0.1, 0.15) is 47.8 Å². The molecular weight excluding hydrogens is 509 g/mol. The van der Waals surface area contributed by atoms with Crippen LogP contribution in [0.2, 0.25) is 5.02 Å². The molecule has 2 aromatic rings. The first kappa shape index (κ1) is 27.1. The van der Waals surface area contributed by atoms with Crippen LogP contribution in [0.25, 0.3) is 0 Å². The minimum Gasteiger partial charge on any atom is -0.466 e. The molecular formula is C26H23ClFNO6S. The second kappa shape index (κ2) is 12.5. The number of anilines is 1. The van der Waals surface area contributed by atoms with Crippen molar-refractivity contribution in [3.8, 4) is 12.3 Å². The molecule has 0 saturated heterocycles. The fraction of sp³-hybridized carbons (Fsp3) is 0.308. The summed E-state index contributed by atoms with van der Waals surface area (Å²) in [6, 6.07) is 7.81. The molecule has 7 nitrogen and oxygen atoms in total. The van der Waals surface area contributed by atoms with Crippen molar-refractivity contribution in [2.75, 3.05) is 18.1 Å².